The highest BCUT2D eigenvalue weighted by Crippen LogP contribution is 2.49. The van der Waals surface area contributed by atoms with Crippen LogP contribution in [0.2, 0.25) is 0 Å². The number of alkyl halides is 3. The van der Waals surface area contributed by atoms with Gasteiger partial charge < -0.3 is 20.0 Å². The first kappa shape index (κ1) is 22.2. The van der Waals surface area contributed by atoms with Gasteiger partial charge in [-0.1, -0.05) is 0 Å². The molecule has 0 radical (unpaired) electrons. The minimum atomic E-state index is -4.26. The lowest BCUT2D eigenvalue weighted by Gasteiger charge is -2.49. The van der Waals surface area contributed by atoms with Crippen molar-refractivity contribution in [2.75, 3.05) is 35.7 Å². The first-order valence-electron chi connectivity index (χ1n) is 11.4. The molecule has 6 rings (SSSR count). The maximum absolute atomic E-state index is 12.9. The van der Waals surface area contributed by atoms with E-state index >= 15 is 0 Å². The van der Waals surface area contributed by atoms with Crippen LogP contribution in [0.25, 0.3) is 21.3 Å². The van der Waals surface area contributed by atoms with Gasteiger partial charge in [-0.05, 0) is 43.5 Å². The molecule has 3 aromatic heterocycles. The third kappa shape index (κ3) is 4.19. The van der Waals surface area contributed by atoms with E-state index in [1.54, 1.807) is 19.2 Å². The standard InChI is InChI=1S/C23H23F3N6O2S.H2/c1-27-20-30-18(15-7-14(9-23(24,25)26)35-19(15)31-20)32-10-22(11-32)5-4-13(8-22)28-12-2-3-17-16(6-12)29-21(33)34-17;/h2-3,6-7,13,28H,4-5,8-11H2,1H3,(H,29,33)(H,27,30,31);1H. The number of benzene rings is 1. The fourth-order valence-electron chi connectivity index (χ4n) is 5.40. The van der Waals surface area contributed by atoms with Gasteiger partial charge in [0.1, 0.15) is 10.6 Å². The first-order chi connectivity index (χ1) is 16.7. The molecule has 1 aliphatic carbocycles. The van der Waals surface area contributed by atoms with Crippen molar-refractivity contribution >= 4 is 50.1 Å². The number of aromatic nitrogens is 3. The Morgan fingerprint density at radius 3 is 2.91 bits per heavy atom. The molecule has 12 heteroatoms. The summed E-state index contributed by atoms with van der Waals surface area (Å²) in [6, 6.07) is 7.45. The Hall–Kier alpha value is -3.28. The minimum absolute atomic E-state index is 0. The van der Waals surface area contributed by atoms with Gasteiger partial charge >= 0.3 is 11.9 Å². The fourth-order valence-corrected chi connectivity index (χ4v) is 6.46. The average molecular weight is 507 g/mol. The van der Waals surface area contributed by atoms with E-state index in [1.807, 2.05) is 12.1 Å². The van der Waals surface area contributed by atoms with Crippen LogP contribution in [-0.2, 0) is 6.42 Å². The van der Waals surface area contributed by atoms with Gasteiger partial charge in [-0.15, -0.1) is 11.3 Å². The minimum Gasteiger partial charge on any atom is -0.408 e. The lowest BCUT2D eigenvalue weighted by molar-refractivity contribution is -0.126. The summed E-state index contributed by atoms with van der Waals surface area (Å²) in [6.07, 6.45) is -2.16. The summed E-state index contributed by atoms with van der Waals surface area (Å²) in [5.41, 5.74) is 2.27. The van der Waals surface area contributed by atoms with Crippen LogP contribution in [0, 0.1) is 5.41 Å². The summed E-state index contributed by atoms with van der Waals surface area (Å²) in [7, 11) is 1.70. The van der Waals surface area contributed by atoms with Gasteiger partial charge in [-0.2, -0.15) is 18.2 Å². The maximum atomic E-state index is 12.9. The molecule has 4 heterocycles. The largest absolute Gasteiger partial charge is 0.417 e. The number of thiophene rings is 1. The van der Waals surface area contributed by atoms with Crippen LogP contribution < -0.4 is 21.3 Å². The number of H-pyrrole nitrogens is 1. The number of hydrogen-bond acceptors (Lipinski definition) is 8. The van der Waals surface area contributed by atoms with Crippen molar-refractivity contribution in [3.8, 4) is 0 Å². The molecule has 1 aliphatic heterocycles. The van der Waals surface area contributed by atoms with Crippen LogP contribution in [0.5, 0.6) is 0 Å². The van der Waals surface area contributed by atoms with Crippen molar-refractivity contribution in [1.29, 1.82) is 0 Å². The Morgan fingerprint density at radius 2 is 2.14 bits per heavy atom. The smallest absolute Gasteiger partial charge is 0.408 e. The van der Waals surface area contributed by atoms with Gasteiger partial charge in [0.05, 0.1) is 17.3 Å². The molecule has 1 aromatic carbocycles. The van der Waals surface area contributed by atoms with Crippen LogP contribution in [0.1, 0.15) is 25.6 Å². The molecule has 2 fully saturated rings. The number of aromatic amines is 1. The Labute approximate surface area is 203 Å². The van der Waals surface area contributed by atoms with Gasteiger partial charge in [0.25, 0.3) is 0 Å². The Balaban J connectivity index is 0.00000267. The topological polar surface area (TPSA) is 99.1 Å². The number of nitrogens with zero attached hydrogens (tertiary/aromatic N) is 3. The van der Waals surface area contributed by atoms with Gasteiger partial charge in [-0.3, -0.25) is 4.98 Å². The lowest BCUT2D eigenvalue weighted by Crippen LogP contribution is -2.56. The van der Waals surface area contributed by atoms with E-state index in [0.717, 1.165) is 49.4 Å². The molecule has 35 heavy (non-hydrogen) atoms. The van der Waals surface area contributed by atoms with E-state index in [1.165, 1.54) is 0 Å². The normalized spacial score (nSPS) is 19.5. The van der Waals surface area contributed by atoms with Crippen LogP contribution in [-0.4, -0.2) is 47.3 Å². The van der Waals surface area contributed by atoms with Crippen molar-refractivity contribution in [2.45, 2.75) is 37.9 Å². The Bertz CT molecular complexity index is 1480. The third-order valence-electron chi connectivity index (χ3n) is 6.87. The molecule has 1 unspecified atom stereocenters. The molecule has 0 amide bonds. The zero-order valence-electron chi connectivity index (χ0n) is 18.8. The number of fused-ring (bicyclic) bond motifs is 2. The molecule has 0 bridgehead atoms. The predicted molar refractivity (Wildman–Crippen MR) is 132 cm³/mol. The molecule has 1 atom stereocenters. The van der Waals surface area contributed by atoms with Crippen molar-refractivity contribution < 1.29 is 19.0 Å². The van der Waals surface area contributed by atoms with Crippen LogP contribution in [0.4, 0.5) is 30.6 Å². The molecule has 1 spiro atoms. The zero-order valence-corrected chi connectivity index (χ0v) is 19.6. The highest BCUT2D eigenvalue weighted by Gasteiger charge is 2.49. The number of nitrogens with one attached hydrogen (secondary N) is 3. The van der Waals surface area contributed by atoms with Gasteiger partial charge in [0, 0.05) is 43.6 Å². The quantitative estimate of drug-likeness (QED) is 0.351. The van der Waals surface area contributed by atoms with Gasteiger partial charge in [-0.25, -0.2) is 9.78 Å². The highest BCUT2D eigenvalue weighted by molar-refractivity contribution is 7.18. The number of halogens is 3. The molecule has 8 nitrogen and oxygen atoms in total. The molecular weight excluding hydrogens is 481 g/mol. The van der Waals surface area contributed by atoms with Crippen molar-refractivity contribution in [1.82, 2.24) is 15.0 Å². The predicted octanol–water partition coefficient (Wildman–Crippen LogP) is 4.99. The van der Waals surface area contributed by atoms with Crippen LogP contribution >= 0.6 is 11.3 Å². The Kier molecular flexibility index (Phi) is 4.99. The maximum Gasteiger partial charge on any atom is 0.417 e. The Morgan fingerprint density at radius 1 is 1.31 bits per heavy atom. The van der Waals surface area contributed by atoms with E-state index in [9.17, 15) is 18.0 Å². The summed E-state index contributed by atoms with van der Waals surface area (Å²) in [5, 5.41) is 7.18. The SMILES string of the molecule is CNc1nc(N2CC3(CCC(Nc4ccc5oc(=O)[nH]c5c4)C3)C2)c2cc(CC(F)(F)F)sc2n1.[HH]. The molecule has 1 saturated carbocycles. The second kappa shape index (κ2) is 7.87. The van der Waals surface area contributed by atoms with E-state index in [4.69, 9.17) is 4.42 Å². The molecular formula is C23H25F3N6O2S. The number of oxazole rings is 1. The van der Waals surface area contributed by atoms with E-state index in [0.29, 0.717) is 39.1 Å². The molecule has 1 saturated heterocycles. The summed E-state index contributed by atoms with van der Waals surface area (Å²) in [6.45, 7) is 1.61. The van der Waals surface area contributed by atoms with E-state index < -0.39 is 18.4 Å². The molecule has 3 N–H and O–H groups in total. The summed E-state index contributed by atoms with van der Waals surface area (Å²) < 4.78 is 43.9. The first-order valence-corrected chi connectivity index (χ1v) is 12.2. The van der Waals surface area contributed by atoms with Crippen LogP contribution in [0.15, 0.2) is 33.5 Å². The van der Waals surface area contributed by atoms with E-state index in [2.05, 4.69) is 30.5 Å². The number of rotatable bonds is 5. The van der Waals surface area contributed by atoms with E-state index in [-0.39, 0.29) is 11.7 Å². The molecule has 4 aromatic rings. The molecule has 186 valence electrons. The highest BCUT2D eigenvalue weighted by atomic mass is 32.1. The fraction of sp³-hybridized carbons (Fsp3) is 0.435. The van der Waals surface area contributed by atoms with Crippen molar-refractivity contribution in [3.63, 3.8) is 0 Å². The summed E-state index contributed by atoms with van der Waals surface area (Å²) in [5.74, 6) is 0.635. The monoisotopic (exact) mass is 506 g/mol. The lowest BCUT2D eigenvalue weighted by atomic mass is 9.78. The van der Waals surface area contributed by atoms with Gasteiger partial charge in [0.15, 0.2) is 5.58 Å². The summed E-state index contributed by atoms with van der Waals surface area (Å²) in [4.78, 5) is 26.0. The average Bonchev–Trinajstić information content (AvgIpc) is 3.46. The molecule has 2 aliphatic rings. The van der Waals surface area contributed by atoms with Crippen molar-refractivity contribution in [3.05, 3.63) is 39.7 Å². The third-order valence-corrected chi connectivity index (χ3v) is 7.90. The number of anilines is 3. The second-order valence-electron chi connectivity index (χ2n) is 9.51. The summed E-state index contributed by atoms with van der Waals surface area (Å²) >= 11 is 1.07. The van der Waals surface area contributed by atoms with Crippen LogP contribution in [0.3, 0.4) is 0 Å². The second-order valence-corrected chi connectivity index (χ2v) is 10.6. The van der Waals surface area contributed by atoms with Gasteiger partial charge in [0.2, 0.25) is 5.95 Å². The number of hydrogen-bond donors (Lipinski definition) is 3. The zero-order chi connectivity index (χ0) is 24.4. The van der Waals surface area contributed by atoms with Crippen molar-refractivity contribution in [2.24, 2.45) is 5.41 Å².